The second-order valence-corrected chi connectivity index (χ2v) is 6.41. The van der Waals surface area contributed by atoms with Crippen molar-refractivity contribution >= 4 is 15.9 Å². The molecule has 0 aromatic heterocycles. The number of halogens is 1. The van der Waals surface area contributed by atoms with Crippen LogP contribution < -0.4 is 5.73 Å². The number of fused-ring (bicyclic) bond motifs is 1. The first-order chi connectivity index (χ1) is 10.3. The van der Waals surface area contributed by atoms with Crippen LogP contribution in [0.4, 0.5) is 0 Å². The summed E-state index contributed by atoms with van der Waals surface area (Å²) in [5.74, 6) is 0. The highest BCUT2D eigenvalue weighted by Crippen LogP contribution is 2.36. The number of benzene rings is 2. The summed E-state index contributed by atoms with van der Waals surface area (Å²) in [6.45, 7) is 0.495. The predicted molar refractivity (Wildman–Crippen MR) is 89.1 cm³/mol. The summed E-state index contributed by atoms with van der Waals surface area (Å²) >= 11 is 3.51. The number of hydrogen-bond acceptors (Lipinski definition) is 2. The molecule has 2 N–H and O–H groups in total. The molecule has 2 unspecified atom stereocenters. The number of ether oxygens (including phenoxy) is 1. The summed E-state index contributed by atoms with van der Waals surface area (Å²) < 4.78 is 7.42. The molecule has 0 saturated heterocycles. The molecule has 1 aliphatic rings. The van der Waals surface area contributed by atoms with Gasteiger partial charge < -0.3 is 10.5 Å². The lowest BCUT2D eigenvalue weighted by Gasteiger charge is -2.29. The van der Waals surface area contributed by atoms with Gasteiger partial charge in [-0.3, -0.25) is 0 Å². The first-order valence-electron chi connectivity index (χ1n) is 7.46. The largest absolute Gasteiger partial charge is 0.364 e. The molecule has 0 saturated carbocycles. The van der Waals surface area contributed by atoms with E-state index in [9.17, 15) is 0 Å². The van der Waals surface area contributed by atoms with Crippen molar-refractivity contribution in [3.8, 4) is 0 Å². The van der Waals surface area contributed by atoms with Gasteiger partial charge in [0.15, 0.2) is 0 Å². The molecule has 0 radical (unpaired) electrons. The van der Waals surface area contributed by atoms with Crippen LogP contribution in [-0.4, -0.2) is 6.54 Å². The molecule has 1 aliphatic carbocycles. The highest BCUT2D eigenvalue weighted by atomic mass is 79.9. The Kier molecular flexibility index (Phi) is 4.73. The normalized spacial score (nSPS) is 19.0. The van der Waals surface area contributed by atoms with E-state index in [1.54, 1.807) is 0 Å². The van der Waals surface area contributed by atoms with E-state index in [4.69, 9.17) is 10.5 Å². The Morgan fingerprint density at radius 1 is 1.19 bits per heavy atom. The third-order valence-corrected chi connectivity index (χ3v) is 4.57. The lowest BCUT2D eigenvalue weighted by Crippen LogP contribution is -2.21. The maximum absolute atomic E-state index is 6.36. The van der Waals surface area contributed by atoms with Gasteiger partial charge >= 0.3 is 0 Å². The van der Waals surface area contributed by atoms with Crippen LogP contribution in [0.25, 0.3) is 0 Å². The van der Waals surface area contributed by atoms with Crippen molar-refractivity contribution in [1.29, 1.82) is 0 Å². The summed E-state index contributed by atoms with van der Waals surface area (Å²) in [6.07, 6.45) is 3.50. The Morgan fingerprint density at radius 3 is 2.86 bits per heavy atom. The molecule has 0 bridgehead atoms. The van der Waals surface area contributed by atoms with Crippen LogP contribution in [0.2, 0.25) is 0 Å². The predicted octanol–water partition coefficient (Wildman–Crippen LogP) is 4.54. The van der Waals surface area contributed by atoms with Crippen LogP contribution in [0.5, 0.6) is 0 Å². The zero-order valence-electron chi connectivity index (χ0n) is 12.0. The zero-order valence-corrected chi connectivity index (χ0v) is 13.6. The molecule has 0 amide bonds. The van der Waals surface area contributed by atoms with E-state index in [2.05, 4.69) is 52.3 Å². The minimum atomic E-state index is -0.0568. The summed E-state index contributed by atoms with van der Waals surface area (Å²) in [7, 11) is 0. The van der Waals surface area contributed by atoms with Crippen LogP contribution in [-0.2, 0) is 11.2 Å². The third kappa shape index (κ3) is 3.37. The topological polar surface area (TPSA) is 35.2 Å². The number of aryl methyl sites for hydroxylation is 1. The fraction of sp³-hybridized carbons (Fsp3) is 0.333. The SMILES string of the molecule is NCC(OC1CCCc2ccccc21)c1cccc(Br)c1. The van der Waals surface area contributed by atoms with E-state index >= 15 is 0 Å². The number of nitrogens with two attached hydrogens (primary N) is 1. The fourth-order valence-corrected chi connectivity index (χ4v) is 3.44. The summed E-state index contributed by atoms with van der Waals surface area (Å²) in [5.41, 5.74) is 9.83. The minimum absolute atomic E-state index is 0.0568. The first kappa shape index (κ1) is 14.8. The quantitative estimate of drug-likeness (QED) is 0.882. The molecule has 2 aromatic carbocycles. The van der Waals surface area contributed by atoms with E-state index in [-0.39, 0.29) is 12.2 Å². The Hall–Kier alpha value is -1.16. The van der Waals surface area contributed by atoms with Crippen LogP contribution in [0.3, 0.4) is 0 Å². The summed E-state index contributed by atoms with van der Waals surface area (Å²) in [4.78, 5) is 0. The molecule has 0 spiro atoms. The maximum atomic E-state index is 6.36. The molecule has 110 valence electrons. The Morgan fingerprint density at radius 2 is 2.05 bits per heavy atom. The second-order valence-electron chi connectivity index (χ2n) is 5.50. The Labute approximate surface area is 134 Å². The lowest BCUT2D eigenvalue weighted by molar-refractivity contribution is -0.0192. The highest BCUT2D eigenvalue weighted by Gasteiger charge is 2.24. The van der Waals surface area contributed by atoms with Gasteiger partial charge in [0.25, 0.3) is 0 Å². The maximum Gasteiger partial charge on any atom is 0.0955 e. The van der Waals surface area contributed by atoms with E-state index in [0.717, 1.165) is 22.9 Å². The van der Waals surface area contributed by atoms with Gasteiger partial charge in [-0.2, -0.15) is 0 Å². The van der Waals surface area contributed by atoms with Crippen LogP contribution in [0, 0.1) is 0 Å². The molecule has 0 aliphatic heterocycles. The summed E-state index contributed by atoms with van der Waals surface area (Å²) in [6, 6.07) is 16.8. The van der Waals surface area contributed by atoms with E-state index < -0.39 is 0 Å². The van der Waals surface area contributed by atoms with Gasteiger partial charge in [-0.25, -0.2) is 0 Å². The van der Waals surface area contributed by atoms with Crippen LogP contribution in [0.15, 0.2) is 53.0 Å². The average Bonchev–Trinajstić information content (AvgIpc) is 2.52. The smallest absolute Gasteiger partial charge is 0.0955 e. The molecule has 3 heteroatoms. The third-order valence-electron chi connectivity index (χ3n) is 4.08. The van der Waals surface area contributed by atoms with Crippen molar-refractivity contribution in [2.45, 2.75) is 31.5 Å². The van der Waals surface area contributed by atoms with Gasteiger partial charge in [0.2, 0.25) is 0 Å². The van der Waals surface area contributed by atoms with Gasteiger partial charge in [-0.05, 0) is 48.1 Å². The molecule has 2 atom stereocenters. The standard InChI is InChI=1S/C18H20BrNO/c19-15-8-3-7-14(11-15)18(12-20)21-17-10-4-6-13-5-1-2-9-16(13)17/h1-3,5,7-9,11,17-18H,4,6,10,12,20H2. The summed E-state index contributed by atoms with van der Waals surface area (Å²) in [5, 5.41) is 0. The van der Waals surface area contributed by atoms with Crippen LogP contribution >= 0.6 is 15.9 Å². The Bertz CT molecular complexity index is 614. The number of rotatable bonds is 4. The van der Waals surface area contributed by atoms with E-state index in [0.29, 0.717) is 6.54 Å². The molecule has 2 aromatic rings. The van der Waals surface area contributed by atoms with Crippen molar-refractivity contribution in [3.05, 3.63) is 69.7 Å². The van der Waals surface area contributed by atoms with Gasteiger partial charge in [0.1, 0.15) is 0 Å². The molecular weight excluding hydrogens is 326 g/mol. The molecule has 0 heterocycles. The molecule has 21 heavy (non-hydrogen) atoms. The van der Waals surface area contributed by atoms with E-state index in [1.807, 2.05) is 12.1 Å². The average molecular weight is 346 g/mol. The van der Waals surface area contributed by atoms with Crippen molar-refractivity contribution in [2.24, 2.45) is 5.73 Å². The minimum Gasteiger partial charge on any atom is -0.364 e. The first-order valence-corrected chi connectivity index (χ1v) is 8.26. The molecular formula is C18H20BrNO. The van der Waals surface area contributed by atoms with Crippen molar-refractivity contribution < 1.29 is 4.74 Å². The van der Waals surface area contributed by atoms with Crippen molar-refractivity contribution in [1.82, 2.24) is 0 Å². The zero-order chi connectivity index (χ0) is 14.7. The van der Waals surface area contributed by atoms with Gasteiger partial charge in [0.05, 0.1) is 12.2 Å². The highest BCUT2D eigenvalue weighted by molar-refractivity contribution is 9.10. The van der Waals surface area contributed by atoms with Crippen LogP contribution in [0.1, 0.15) is 41.7 Å². The molecule has 0 fully saturated rings. The monoisotopic (exact) mass is 345 g/mol. The molecule has 2 nitrogen and oxygen atoms in total. The van der Waals surface area contributed by atoms with Crippen molar-refractivity contribution in [2.75, 3.05) is 6.54 Å². The van der Waals surface area contributed by atoms with Gasteiger partial charge in [0, 0.05) is 11.0 Å². The Balaban J connectivity index is 1.82. The lowest BCUT2D eigenvalue weighted by atomic mass is 9.89. The fourth-order valence-electron chi connectivity index (χ4n) is 3.03. The van der Waals surface area contributed by atoms with E-state index in [1.165, 1.54) is 17.5 Å². The molecule has 3 rings (SSSR count). The van der Waals surface area contributed by atoms with Gasteiger partial charge in [-0.15, -0.1) is 0 Å². The van der Waals surface area contributed by atoms with Gasteiger partial charge in [-0.1, -0.05) is 52.3 Å². The van der Waals surface area contributed by atoms with Crippen molar-refractivity contribution in [3.63, 3.8) is 0 Å². The second kappa shape index (κ2) is 6.73. The number of hydrogen-bond donors (Lipinski definition) is 1.